The van der Waals surface area contributed by atoms with Crippen LogP contribution in [0.2, 0.25) is 0 Å². The Labute approximate surface area is 152 Å². The zero-order valence-electron chi connectivity index (χ0n) is 15.2. The summed E-state index contributed by atoms with van der Waals surface area (Å²) in [6.07, 6.45) is 0. The maximum atomic E-state index is 12.6. The van der Waals surface area contributed by atoms with Gasteiger partial charge in [0.25, 0.3) is 11.8 Å². The number of hydrogen-bond acceptors (Lipinski definition) is 5. The van der Waals surface area contributed by atoms with E-state index in [9.17, 15) is 9.59 Å². The second kappa shape index (κ2) is 6.92. The highest BCUT2D eigenvalue weighted by molar-refractivity contribution is 6.36. The number of rotatable bonds is 5. The number of amides is 2. The quantitative estimate of drug-likeness (QED) is 0.839. The van der Waals surface area contributed by atoms with Gasteiger partial charge in [0.1, 0.15) is 11.4 Å². The molecule has 6 heteroatoms. The van der Waals surface area contributed by atoms with Crippen LogP contribution in [0.3, 0.4) is 0 Å². The van der Waals surface area contributed by atoms with Crippen LogP contribution in [-0.4, -0.2) is 45.0 Å². The molecular weight excluding hydrogens is 330 g/mol. The van der Waals surface area contributed by atoms with Crippen molar-refractivity contribution in [1.29, 1.82) is 0 Å². The molecule has 2 aromatic rings. The van der Waals surface area contributed by atoms with Crippen molar-refractivity contribution >= 4 is 28.8 Å². The van der Waals surface area contributed by atoms with Gasteiger partial charge in [0, 0.05) is 32.5 Å². The molecule has 0 aromatic heterocycles. The number of carbonyl (C=O) groups is 2. The Kier molecular flexibility index (Phi) is 4.67. The lowest BCUT2D eigenvalue weighted by atomic mass is 10.0. The van der Waals surface area contributed by atoms with Crippen molar-refractivity contribution in [3.05, 3.63) is 59.8 Å². The highest BCUT2D eigenvalue weighted by atomic mass is 16.5. The van der Waals surface area contributed by atoms with Crippen LogP contribution in [0.1, 0.15) is 5.56 Å². The van der Waals surface area contributed by atoms with Crippen LogP contribution in [0.15, 0.2) is 54.2 Å². The molecule has 134 valence electrons. The molecule has 0 unspecified atom stereocenters. The molecule has 1 heterocycles. The second-order valence-electron chi connectivity index (χ2n) is 6.21. The fraction of sp³-hybridized carbons (Fsp3) is 0.200. The number of carbonyl (C=O) groups excluding carboxylic acids is 2. The number of methoxy groups -OCH3 is 1. The second-order valence-corrected chi connectivity index (χ2v) is 6.21. The summed E-state index contributed by atoms with van der Waals surface area (Å²) in [5, 5.41) is 3.11. The fourth-order valence-corrected chi connectivity index (χ4v) is 2.77. The standard InChI is InChI=1S/C20H21N3O3/c1-22(2)15-9-7-14(8-10-15)21-18-17(19(24)23(3)20(18)25)13-5-11-16(26-4)12-6-13/h5-12,21H,1-4H3. The predicted octanol–water partition coefficient (Wildman–Crippen LogP) is 2.58. The molecule has 0 aliphatic carbocycles. The normalized spacial score (nSPS) is 14.1. The zero-order chi connectivity index (χ0) is 18.8. The Bertz CT molecular complexity index is 868. The van der Waals surface area contributed by atoms with Gasteiger partial charge < -0.3 is 15.0 Å². The molecule has 0 saturated heterocycles. The van der Waals surface area contributed by atoms with Crippen molar-refractivity contribution < 1.29 is 14.3 Å². The molecule has 26 heavy (non-hydrogen) atoms. The average molecular weight is 351 g/mol. The first-order valence-electron chi connectivity index (χ1n) is 8.18. The number of benzene rings is 2. The third-order valence-corrected chi connectivity index (χ3v) is 4.32. The minimum absolute atomic E-state index is 0.278. The van der Waals surface area contributed by atoms with Gasteiger partial charge in [0.15, 0.2) is 0 Å². The fourth-order valence-electron chi connectivity index (χ4n) is 2.77. The van der Waals surface area contributed by atoms with E-state index in [2.05, 4.69) is 5.32 Å². The molecule has 6 nitrogen and oxygen atoms in total. The van der Waals surface area contributed by atoms with E-state index in [1.807, 2.05) is 43.3 Å². The summed E-state index contributed by atoms with van der Waals surface area (Å²) in [5.41, 5.74) is 3.09. The lowest BCUT2D eigenvalue weighted by molar-refractivity contribution is -0.135. The van der Waals surface area contributed by atoms with Gasteiger partial charge in [-0.2, -0.15) is 0 Å². The van der Waals surface area contributed by atoms with Crippen molar-refractivity contribution in [3.8, 4) is 5.75 Å². The molecule has 1 aliphatic heterocycles. The largest absolute Gasteiger partial charge is 0.497 e. The smallest absolute Gasteiger partial charge is 0.277 e. The topological polar surface area (TPSA) is 61.9 Å². The summed E-state index contributed by atoms with van der Waals surface area (Å²) < 4.78 is 5.16. The number of likely N-dealkylation sites (N-methyl/N-ethyl adjacent to an activating group) is 1. The van der Waals surface area contributed by atoms with Gasteiger partial charge >= 0.3 is 0 Å². The first-order chi connectivity index (χ1) is 12.4. The summed E-state index contributed by atoms with van der Waals surface area (Å²) in [5.74, 6) is 0.0124. The number of anilines is 2. The number of ether oxygens (including phenoxy) is 1. The van der Waals surface area contributed by atoms with E-state index in [0.29, 0.717) is 16.9 Å². The molecule has 0 atom stereocenters. The van der Waals surface area contributed by atoms with E-state index >= 15 is 0 Å². The maximum absolute atomic E-state index is 12.6. The average Bonchev–Trinajstić information content (AvgIpc) is 2.86. The molecule has 0 radical (unpaired) electrons. The third-order valence-electron chi connectivity index (χ3n) is 4.32. The minimum Gasteiger partial charge on any atom is -0.497 e. The SMILES string of the molecule is COc1ccc(C2=C(Nc3ccc(N(C)C)cc3)C(=O)N(C)C2=O)cc1. The van der Waals surface area contributed by atoms with Gasteiger partial charge in [-0.15, -0.1) is 0 Å². The van der Waals surface area contributed by atoms with E-state index < -0.39 is 0 Å². The highest BCUT2D eigenvalue weighted by Gasteiger charge is 2.36. The van der Waals surface area contributed by atoms with E-state index in [1.165, 1.54) is 7.05 Å². The molecule has 1 aliphatic rings. The maximum Gasteiger partial charge on any atom is 0.277 e. The van der Waals surface area contributed by atoms with Crippen LogP contribution >= 0.6 is 0 Å². The molecule has 0 fully saturated rings. The Morgan fingerprint density at radius 2 is 1.54 bits per heavy atom. The summed E-state index contributed by atoms with van der Waals surface area (Å²) in [4.78, 5) is 28.2. The predicted molar refractivity (Wildman–Crippen MR) is 102 cm³/mol. The molecule has 0 bridgehead atoms. The third kappa shape index (κ3) is 3.13. The Hall–Kier alpha value is -3.28. The van der Waals surface area contributed by atoms with Crippen LogP contribution in [0.5, 0.6) is 5.75 Å². The van der Waals surface area contributed by atoms with Crippen molar-refractivity contribution in [2.24, 2.45) is 0 Å². The van der Waals surface area contributed by atoms with E-state index in [0.717, 1.165) is 16.3 Å². The highest BCUT2D eigenvalue weighted by Crippen LogP contribution is 2.30. The molecule has 0 spiro atoms. The van der Waals surface area contributed by atoms with E-state index in [-0.39, 0.29) is 17.5 Å². The Balaban J connectivity index is 1.99. The molecular formula is C20H21N3O3. The van der Waals surface area contributed by atoms with Crippen molar-refractivity contribution in [3.63, 3.8) is 0 Å². The number of hydrogen-bond donors (Lipinski definition) is 1. The monoisotopic (exact) mass is 351 g/mol. The lowest BCUT2D eigenvalue weighted by Crippen LogP contribution is -2.27. The zero-order valence-corrected chi connectivity index (χ0v) is 15.2. The van der Waals surface area contributed by atoms with E-state index in [1.54, 1.807) is 31.4 Å². The van der Waals surface area contributed by atoms with Crippen molar-refractivity contribution in [2.45, 2.75) is 0 Å². The Morgan fingerprint density at radius 1 is 0.923 bits per heavy atom. The summed E-state index contributed by atoms with van der Waals surface area (Å²) in [6.45, 7) is 0. The van der Waals surface area contributed by atoms with E-state index in [4.69, 9.17) is 4.74 Å². The molecule has 3 rings (SSSR count). The van der Waals surface area contributed by atoms with Crippen LogP contribution in [0.4, 0.5) is 11.4 Å². The summed E-state index contributed by atoms with van der Waals surface area (Å²) in [6, 6.07) is 14.7. The van der Waals surface area contributed by atoms with Crippen LogP contribution in [-0.2, 0) is 9.59 Å². The minimum atomic E-state index is -0.350. The van der Waals surface area contributed by atoms with Gasteiger partial charge in [-0.05, 0) is 42.0 Å². The molecule has 0 saturated carbocycles. The number of nitrogens with zero attached hydrogens (tertiary/aromatic N) is 2. The first-order valence-corrected chi connectivity index (χ1v) is 8.18. The van der Waals surface area contributed by atoms with Crippen LogP contribution in [0, 0.1) is 0 Å². The molecule has 1 N–H and O–H groups in total. The van der Waals surface area contributed by atoms with Gasteiger partial charge in [-0.1, -0.05) is 12.1 Å². The van der Waals surface area contributed by atoms with Crippen molar-refractivity contribution in [2.75, 3.05) is 38.5 Å². The van der Waals surface area contributed by atoms with Gasteiger partial charge in [-0.25, -0.2) is 0 Å². The Morgan fingerprint density at radius 3 is 2.08 bits per heavy atom. The van der Waals surface area contributed by atoms with Gasteiger partial charge in [0.2, 0.25) is 0 Å². The van der Waals surface area contributed by atoms with Gasteiger partial charge in [-0.3, -0.25) is 14.5 Å². The molecule has 2 amide bonds. The number of nitrogens with one attached hydrogen (secondary N) is 1. The van der Waals surface area contributed by atoms with Crippen molar-refractivity contribution in [1.82, 2.24) is 4.90 Å². The number of imide groups is 1. The lowest BCUT2D eigenvalue weighted by Gasteiger charge is -2.14. The van der Waals surface area contributed by atoms with Crippen LogP contribution < -0.4 is 15.0 Å². The van der Waals surface area contributed by atoms with Crippen LogP contribution in [0.25, 0.3) is 5.57 Å². The summed E-state index contributed by atoms with van der Waals surface area (Å²) in [7, 11) is 6.98. The van der Waals surface area contributed by atoms with Gasteiger partial charge in [0.05, 0.1) is 12.7 Å². The molecule has 2 aromatic carbocycles. The first kappa shape index (κ1) is 17.5. The summed E-state index contributed by atoms with van der Waals surface area (Å²) >= 11 is 0.